The second kappa shape index (κ2) is 3.57. The summed E-state index contributed by atoms with van der Waals surface area (Å²) in [4.78, 5) is 0. The van der Waals surface area contributed by atoms with Crippen molar-refractivity contribution in [3.05, 3.63) is 0 Å². The van der Waals surface area contributed by atoms with Gasteiger partial charge in [-0.2, -0.15) is 0 Å². The standard InChI is InChI=1S/C12H24N6Si2/c1-2-13(1)19(14-3-4-14,15-5-6-15)20(16-7-8-16,17-9-10-17)18-11-12-18/h1-12H2. The first-order valence-electron chi connectivity index (χ1n) is 8.39. The lowest BCUT2D eigenvalue weighted by Gasteiger charge is -2.50. The maximum absolute atomic E-state index is 2.97. The summed E-state index contributed by atoms with van der Waals surface area (Å²) in [6.45, 7) is 16.7. The van der Waals surface area contributed by atoms with Crippen LogP contribution in [0.2, 0.25) is 0 Å². The third-order valence-electron chi connectivity index (χ3n) is 5.78. The molecule has 6 saturated heterocycles. The van der Waals surface area contributed by atoms with Crippen molar-refractivity contribution in [3.8, 4) is 0 Å². The molecule has 6 nitrogen and oxygen atoms in total. The highest BCUT2D eigenvalue weighted by molar-refractivity contribution is 7.36. The van der Waals surface area contributed by atoms with Gasteiger partial charge in [0.1, 0.15) is 0 Å². The van der Waals surface area contributed by atoms with E-state index in [0.29, 0.717) is 0 Å². The van der Waals surface area contributed by atoms with Crippen molar-refractivity contribution in [2.45, 2.75) is 0 Å². The van der Waals surface area contributed by atoms with Crippen LogP contribution in [-0.2, 0) is 0 Å². The third kappa shape index (κ3) is 1.35. The van der Waals surface area contributed by atoms with Crippen molar-refractivity contribution >= 4 is 16.2 Å². The quantitative estimate of drug-likeness (QED) is 0.391. The van der Waals surface area contributed by atoms with Crippen molar-refractivity contribution in [3.63, 3.8) is 0 Å². The number of nitrogens with zero attached hydrogens (tertiary/aromatic N) is 6. The van der Waals surface area contributed by atoms with Crippen molar-refractivity contribution in [2.24, 2.45) is 0 Å². The minimum absolute atomic E-state index is 1.39. The molecular weight excluding hydrogens is 284 g/mol. The lowest BCUT2D eigenvalue weighted by molar-refractivity contribution is 0.515. The summed E-state index contributed by atoms with van der Waals surface area (Å²) in [5.74, 6) is 0. The highest BCUT2D eigenvalue weighted by Crippen LogP contribution is 2.49. The monoisotopic (exact) mass is 308 g/mol. The summed E-state index contributed by atoms with van der Waals surface area (Å²) >= 11 is 0. The van der Waals surface area contributed by atoms with Crippen LogP contribution in [0.3, 0.4) is 0 Å². The molecule has 6 aliphatic heterocycles. The van der Waals surface area contributed by atoms with E-state index in [1.807, 2.05) is 0 Å². The normalized spacial score (nSPS) is 35.4. The summed E-state index contributed by atoms with van der Waals surface area (Å²) in [5, 5.41) is 0. The Balaban J connectivity index is 1.54. The van der Waals surface area contributed by atoms with Crippen LogP contribution in [-0.4, -0.2) is 122 Å². The molecule has 6 heterocycles. The zero-order chi connectivity index (χ0) is 12.9. The molecule has 6 aliphatic rings. The highest BCUT2D eigenvalue weighted by atomic mass is 29.3. The minimum Gasteiger partial charge on any atom is -0.296 e. The average Bonchev–Trinajstić information content (AvgIpc) is 3.29. The fourth-order valence-corrected chi connectivity index (χ4v) is 25.6. The van der Waals surface area contributed by atoms with Crippen LogP contribution in [0.15, 0.2) is 0 Å². The SMILES string of the molecule is C1CN1[Si](N1CC1)(N1CC1)[Si](N1CC1)(N1CC1)N1CC1. The smallest absolute Gasteiger partial charge is 0.296 e. The van der Waals surface area contributed by atoms with E-state index >= 15 is 0 Å². The zero-order valence-electron chi connectivity index (χ0n) is 12.2. The molecule has 0 aromatic rings. The van der Waals surface area contributed by atoms with Gasteiger partial charge in [0.05, 0.1) is 0 Å². The van der Waals surface area contributed by atoms with E-state index in [1.54, 1.807) is 0 Å². The molecule has 0 spiro atoms. The van der Waals surface area contributed by atoms with Crippen molar-refractivity contribution in [2.75, 3.05) is 78.5 Å². The van der Waals surface area contributed by atoms with Crippen molar-refractivity contribution in [1.29, 1.82) is 0 Å². The molecule has 110 valence electrons. The molecule has 8 heteroatoms. The summed E-state index contributed by atoms with van der Waals surface area (Å²) in [5.41, 5.74) is 0. The van der Waals surface area contributed by atoms with Crippen LogP contribution in [0, 0.1) is 0 Å². The van der Waals surface area contributed by atoms with Crippen LogP contribution in [0.25, 0.3) is 0 Å². The molecule has 6 rings (SSSR count). The van der Waals surface area contributed by atoms with E-state index in [9.17, 15) is 0 Å². The maximum Gasteiger partial charge on any atom is 0.327 e. The number of hydrogen-bond acceptors (Lipinski definition) is 6. The van der Waals surface area contributed by atoms with Crippen LogP contribution in [0.1, 0.15) is 0 Å². The molecule has 0 aliphatic carbocycles. The molecule has 0 atom stereocenters. The van der Waals surface area contributed by atoms with Gasteiger partial charge in [0.2, 0.25) is 0 Å². The van der Waals surface area contributed by atoms with Gasteiger partial charge in [0.25, 0.3) is 0 Å². The Morgan fingerprint density at radius 1 is 0.300 bits per heavy atom. The Bertz CT molecular complexity index is 346. The van der Waals surface area contributed by atoms with Gasteiger partial charge >= 0.3 is 16.2 Å². The predicted molar refractivity (Wildman–Crippen MR) is 80.9 cm³/mol. The van der Waals surface area contributed by atoms with E-state index < -0.39 is 16.2 Å². The van der Waals surface area contributed by atoms with Gasteiger partial charge in [-0.05, 0) is 0 Å². The lowest BCUT2D eigenvalue weighted by atomic mass is 11.0. The van der Waals surface area contributed by atoms with Crippen LogP contribution < -0.4 is 0 Å². The molecule has 0 amide bonds. The number of hydrogen-bond donors (Lipinski definition) is 0. The van der Waals surface area contributed by atoms with Crippen LogP contribution in [0.4, 0.5) is 0 Å². The topological polar surface area (TPSA) is 18.1 Å². The van der Waals surface area contributed by atoms with Crippen LogP contribution >= 0.6 is 0 Å². The first-order valence-corrected chi connectivity index (χ1v) is 13.1. The molecule has 0 aromatic carbocycles. The van der Waals surface area contributed by atoms with E-state index in [2.05, 4.69) is 27.4 Å². The Labute approximate surface area is 122 Å². The molecule has 20 heavy (non-hydrogen) atoms. The van der Waals surface area contributed by atoms with Gasteiger partial charge in [0, 0.05) is 78.5 Å². The largest absolute Gasteiger partial charge is 0.327 e. The zero-order valence-corrected chi connectivity index (χ0v) is 14.2. The first kappa shape index (κ1) is 11.7. The number of rotatable bonds is 7. The molecule has 0 aromatic heterocycles. The summed E-state index contributed by atoms with van der Waals surface area (Å²) in [7, 11) is -3.12. The first-order chi connectivity index (χ1) is 9.88. The Hall–Kier alpha value is 0.194. The third-order valence-corrected chi connectivity index (χ3v) is 23.0. The molecular formula is C12H24N6Si2. The van der Waals surface area contributed by atoms with Crippen molar-refractivity contribution in [1.82, 2.24) is 27.4 Å². The maximum atomic E-state index is 2.97. The fourth-order valence-electron chi connectivity index (χ4n) is 4.64. The molecule has 0 saturated carbocycles. The highest BCUT2D eigenvalue weighted by Gasteiger charge is 2.83. The Morgan fingerprint density at radius 2 is 0.450 bits per heavy atom. The molecule has 0 N–H and O–H groups in total. The van der Waals surface area contributed by atoms with Gasteiger partial charge in [0.15, 0.2) is 0 Å². The second-order valence-electron chi connectivity index (χ2n) is 7.19. The van der Waals surface area contributed by atoms with Gasteiger partial charge < -0.3 is 0 Å². The Morgan fingerprint density at radius 3 is 0.550 bits per heavy atom. The summed E-state index contributed by atoms with van der Waals surface area (Å²) in [6, 6.07) is 0. The van der Waals surface area contributed by atoms with Crippen LogP contribution in [0.5, 0.6) is 0 Å². The van der Waals surface area contributed by atoms with Crippen molar-refractivity contribution < 1.29 is 0 Å². The fraction of sp³-hybridized carbons (Fsp3) is 1.00. The average molecular weight is 309 g/mol. The second-order valence-corrected chi connectivity index (χ2v) is 17.6. The van der Waals surface area contributed by atoms with E-state index in [4.69, 9.17) is 0 Å². The van der Waals surface area contributed by atoms with Gasteiger partial charge in [-0.15, -0.1) is 0 Å². The molecule has 6 fully saturated rings. The minimum atomic E-state index is -1.56. The predicted octanol–water partition coefficient (Wildman–Crippen LogP) is -2.16. The van der Waals surface area contributed by atoms with E-state index in [0.717, 1.165) is 0 Å². The van der Waals surface area contributed by atoms with E-state index in [-0.39, 0.29) is 0 Å². The molecule has 0 bridgehead atoms. The molecule has 0 radical (unpaired) electrons. The van der Waals surface area contributed by atoms with Gasteiger partial charge in [-0.1, -0.05) is 0 Å². The van der Waals surface area contributed by atoms with Gasteiger partial charge in [-0.3, -0.25) is 27.4 Å². The van der Waals surface area contributed by atoms with E-state index in [1.165, 1.54) is 78.5 Å². The Kier molecular flexibility index (Phi) is 2.09. The summed E-state index contributed by atoms with van der Waals surface area (Å²) in [6.07, 6.45) is 0. The summed E-state index contributed by atoms with van der Waals surface area (Å²) < 4.78 is 17.8. The van der Waals surface area contributed by atoms with Gasteiger partial charge in [-0.25, -0.2) is 0 Å². The molecule has 0 unspecified atom stereocenters. The lowest BCUT2D eigenvalue weighted by Crippen LogP contribution is -2.87.